The van der Waals surface area contributed by atoms with Crippen LogP contribution in [-0.2, 0) is 27.8 Å². The summed E-state index contributed by atoms with van der Waals surface area (Å²) in [7, 11) is 6.97. The zero-order chi connectivity index (χ0) is 13.1. The lowest BCUT2D eigenvalue weighted by Gasteiger charge is -2.25. The van der Waals surface area contributed by atoms with Crippen molar-refractivity contribution < 1.29 is 27.8 Å². The molecule has 17 heavy (non-hydrogen) atoms. The van der Waals surface area contributed by atoms with Gasteiger partial charge in [0.2, 0.25) is 0 Å². The normalized spacial score (nSPS) is 36.9. The molecule has 0 N–H and O–H groups in total. The highest BCUT2D eigenvalue weighted by molar-refractivity contribution is 7.52. The minimum absolute atomic E-state index is 0.280. The molecule has 0 bridgehead atoms. The van der Waals surface area contributed by atoms with Crippen molar-refractivity contribution in [2.75, 3.05) is 34.6 Å². The van der Waals surface area contributed by atoms with Gasteiger partial charge in [0.15, 0.2) is 0 Å². The Hall–Kier alpha value is 0.0949. The molecule has 0 spiro atoms. The smallest absolute Gasteiger partial charge is 0.327 e. The summed E-state index contributed by atoms with van der Waals surface area (Å²) >= 11 is 0. The monoisotopic (exact) mass is 264 g/mol. The predicted octanol–water partition coefficient (Wildman–Crippen LogP) is 0.396. The Morgan fingerprint density at radius 2 is 1.94 bits per heavy atom. The van der Waals surface area contributed by atoms with E-state index in [-0.39, 0.29) is 6.61 Å². The largest absolute Gasteiger partial charge is 0.382 e. The maximum atomic E-state index is 11.8. The third kappa shape index (κ3) is 3.78. The van der Waals surface area contributed by atoms with Crippen molar-refractivity contribution in [3.8, 4) is 0 Å². The summed E-state index contributed by atoms with van der Waals surface area (Å²) in [6.45, 7) is 1.66. The fraction of sp³-hybridized carbons (Fsp3) is 1.00. The summed E-state index contributed by atoms with van der Waals surface area (Å²) in [4.78, 5) is 0. The van der Waals surface area contributed by atoms with Crippen molar-refractivity contribution in [1.29, 1.82) is 0 Å². The van der Waals surface area contributed by atoms with Gasteiger partial charge in [-0.3, -0.25) is 9.09 Å². The van der Waals surface area contributed by atoms with Gasteiger partial charge in [-0.1, -0.05) is 0 Å². The van der Waals surface area contributed by atoms with E-state index in [2.05, 4.69) is 0 Å². The van der Waals surface area contributed by atoms with Crippen LogP contribution in [0.15, 0.2) is 0 Å². The Morgan fingerprint density at radius 3 is 2.41 bits per heavy atom. The van der Waals surface area contributed by atoms with Crippen LogP contribution in [0.2, 0.25) is 0 Å². The lowest BCUT2D eigenvalue weighted by atomic mass is 9.93. The first-order valence-corrected chi connectivity index (χ1v) is 7.18. The van der Waals surface area contributed by atoms with E-state index in [0.29, 0.717) is 0 Å². The molecule has 2 radical (unpaired) electrons. The molecule has 0 amide bonds. The molecule has 1 rings (SSSR count). The van der Waals surface area contributed by atoms with Crippen LogP contribution in [0.1, 0.15) is 0 Å². The van der Waals surface area contributed by atoms with E-state index >= 15 is 0 Å². The van der Waals surface area contributed by atoms with Crippen LogP contribution >= 0.6 is 7.60 Å². The second kappa shape index (κ2) is 6.32. The van der Waals surface area contributed by atoms with E-state index < -0.39 is 31.9 Å². The van der Waals surface area contributed by atoms with Gasteiger partial charge in [-0.2, -0.15) is 0 Å². The molecule has 0 saturated carbocycles. The molecule has 0 aromatic heterocycles. The Morgan fingerprint density at radius 1 is 1.29 bits per heavy atom. The summed E-state index contributed by atoms with van der Waals surface area (Å²) < 4.78 is 37.7. The van der Waals surface area contributed by atoms with E-state index in [4.69, 9.17) is 31.1 Å². The second-order valence-corrected chi connectivity index (χ2v) is 5.94. The fourth-order valence-corrected chi connectivity index (χ4v) is 2.50. The van der Waals surface area contributed by atoms with Crippen LogP contribution in [-0.4, -0.2) is 66.8 Å². The number of rotatable bonds is 6. The van der Waals surface area contributed by atoms with E-state index in [1.54, 1.807) is 0 Å². The third-order valence-electron chi connectivity index (χ3n) is 2.59. The summed E-state index contributed by atoms with van der Waals surface area (Å²) in [6.07, 6.45) is -1.51. The van der Waals surface area contributed by atoms with E-state index in [0.717, 1.165) is 0 Å². The van der Waals surface area contributed by atoms with Crippen molar-refractivity contribution >= 4 is 15.4 Å². The summed E-state index contributed by atoms with van der Waals surface area (Å²) in [5.74, 6) is 0. The SMILES string of the molecule is [B][C@@H]1O[C@H](COC)[C@H](OP(C)(=O)OC)C1OC. The molecule has 6 nitrogen and oxygen atoms in total. The van der Waals surface area contributed by atoms with Crippen LogP contribution < -0.4 is 0 Å². The van der Waals surface area contributed by atoms with Gasteiger partial charge in [0.05, 0.1) is 6.61 Å². The standard InChI is InChI=1S/C9H18BO6P/c1-12-5-6-7(16-17(4,11)14-3)8(13-2)9(10)15-6/h6-9H,5H2,1-4H3/t6-,7+,8?,9-,17?/m1/s1. The van der Waals surface area contributed by atoms with Crippen LogP contribution in [0.5, 0.6) is 0 Å². The molecular formula is C9H18BO6P. The third-order valence-corrected chi connectivity index (χ3v) is 3.88. The van der Waals surface area contributed by atoms with Gasteiger partial charge >= 0.3 is 7.60 Å². The summed E-state index contributed by atoms with van der Waals surface area (Å²) in [5, 5.41) is 0. The van der Waals surface area contributed by atoms with Crippen molar-refractivity contribution in [2.24, 2.45) is 0 Å². The minimum atomic E-state index is -3.13. The van der Waals surface area contributed by atoms with Crippen LogP contribution in [0.25, 0.3) is 0 Å². The lowest BCUT2D eigenvalue weighted by Crippen LogP contribution is -2.37. The molecule has 5 atom stereocenters. The van der Waals surface area contributed by atoms with Crippen LogP contribution in [0.4, 0.5) is 0 Å². The van der Waals surface area contributed by atoms with Gasteiger partial charge in [0, 0.05) is 34.0 Å². The van der Waals surface area contributed by atoms with Crippen molar-refractivity contribution in [1.82, 2.24) is 0 Å². The Labute approximate surface area is 103 Å². The molecule has 2 unspecified atom stereocenters. The highest BCUT2D eigenvalue weighted by atomic mass is 31.2. The summed E-state index contributed by atoms with van der Waals surface area (Å²) in [6, 6.07) is -0.637. The van der Waals surface area contributed by atoms with Crippen LogP contribution in [0.3, 0.4) is 0 Å². The first-order chi connectivity index (χ1) is 7.95. The summed E-state index contributed by atoms with van der Waals surface area (Å²) in [5.41, 5.74) is 0. The van der Waals surface area contributed by atoms with Crippen molar-refractivity contribution in [3.63, 3.8) is 0 Å². The zero-order valence-electron chi connectivity index (χ0n) is 10.5. The van der Waals surface area contributed by atoms with Gasteiger partial charge in [-0.15, -0.1) is 0 Å². The molecular weight excluding hydrogens is 246 g/mol. The number of hydrogen-bond donors (Lipinski definition) is 0. The molecule has 1 aliphatic heterocycles. The molecule has 1 fully saturated rings. The van der Waals surface area contributed by atoms with Crippen molar-refractivity contribution in [2.45, 2.75) is 24.3 Å². The molecule has 8 heteroatoms. The number of hydrogen-bond acceptors (Lipinski definition) is 6. The highest BCUT2D eigenvalue weighted by Gasteiger charge is 2.45. The lowest BCUT2D eigenvalue weighted by molar-refractivity contribution is -0.0177. The number of ether oxygens (including phenoxy) is 3. The zero-order valence-corrected chi connectivity index (χ0v) is 11.4. The predicted molar refractivity (Wildman–Crippen MR) is 62.5 cm³/mol. The maximum Gasteiger partial charge on any atom is 0.327 e. The minimum Gasteiger partial charge on any atom is -0.382 e. The van der Waals surface area contributed by atoms with E-state index in [1.807, 2.05) is 0 Å². The highest BCUT2D eigenvalue weighted by Crippen LogP contribution is 2.47. The van der Waals surface area contributed by atoms with E-state index in [9.17, 15) is 4.57 Å². The van der Waals surface area contributed by atoms with E-state index in [1.165, 1.54) is 28.0 Å². The average Bonchev–Trinajstić information content (AvgIpc) is 2.55. The quantitative estimate of drug-likeness (QED) is 0.511. The molecule has 0 aliphatic carbocycles. The topological polar surface area (TPSA) is 63.2 Å². The molecule has 98 valence electrons. The molecule has 0 aromatic carbocycles. The second-order valence-electron chi connectivity index (χ2n) is 3.82. The Balaban J connectivity index is 2.77. The molecule has 1 aliphatic rings. The molecule has 0 aromatic rings. The van der Waals surface area contributed by atoms with Crippen molar-refractivity contribution in [3.05, 3.63) is 0 Å². The Bertz CT molecular complexity index is 289. The average molecular weight is 264 g/mol. The van der Waals surface area contributed by atoms with Gasteiger partial charge in [0.1, 0.15) is 26.2 Å². The van der Waals surface area contributed by atoms with Gasteiger partial charge in [-0.05, 0) is 0 Å². The van der Waals surface area contributed by atoms with Crippen LogP contribution in [0, 0.1) is 0 Å². The van der Waals surface area contributed by atoms with Gasteiger partial charge in [0.25, 0.3) is 0 Å². The fourth-order valence-electron chi connectivity index (χ4n) is 1.71. The molecule has 1 heterocycles. The first-order valence-electron chi connectivity index (χ1n) is 5.19. The maximum absolute atomic E-state index is 11.8. The van der Waals surface area contributed by atoms with Gasteiger partial charge < -0.3 is 18.7 Å². The van der Waals surface area contributed by atoms with Gasteiger partial charge in [-0.25, -0.2) is 0 Å². The number of methoxy groups -OCH3 is 2. The first kappa shape index (κ1) is 15.2. The molecule has 1 saturated heterocycles. The Kier molecular flexibility index (Phi) is 5.63.